The number of rotatable bonds is 4. The van der Waals surface area contributed by atoms with Crippen LogP contribution in [0.25, 0.3) is 5.65 Å². The summed E-state index contributed by atoms with van der Waals surface area (Å²) in [6.45, 7) is 5.40. The standard InChI is InChI=1S/C15H22N4O2/c1-3-18-13(11-4-6-16-7-5-11)9-15(20)19-14(18)8-12(17-19)10-21-2/h8-9,11,16H,3-7,10H2,1-2H3. The van der Waals surface area contributed by atoms with Crippen molar-refractivity contribution in [2.45, 2.75) is 38.8 Å². The van der Waals surface area contributed by atoms with Gasteiger partial charge in [-0.2, -0.15) is 9.61 Å². The Hall–Kier alpha value is -1.66. The first-order valence-corrected chi connectivity index (χ1v) is 7.56. The predicted molar refractivity (Wildman–Crippen MR) is 80.7 cm³/mol. The minimum Gasteiger partial charge on any atom is -0.378 e. The zero-order valence-corrected chi connectivity index (χ0v) is 12.6. The predicted octanol–water partition coefficient (Wildman–Crippen LogP) is 1.13. The number of aryl methyl sites for hydroxylation is 1. The molecule has 0 saturated carbocycles. The van der Waals surface area contributed by atoms with Crippen LogP contribution in [0.4, 0.5) is 0 Å². The summed E-state index contributed by atoms with van der Waals surface area (Å²) in [4.78, 5) is 12.4. The van der Waals surface area contributed by atoms with Gasteiger partial charge in [0, 0.05) is 37.4 Å². The molecule has 21 heavy (non-hydrogen) atoms. The number of aromatic nitrogens is 3. The molecule has 1 saturated heterocycles. The van der Waals surface area contributed by atoms with Gasteiger partial charge in [0.1, 0.15) is 5.65 Å². The molecule has 2 aromatic heterocycles. The van der Waals surface area contributed by atoms with Gasteiger partial charge in [-0.3, -0.25) is 4.79 Å². The van der Waals surface area contributed by atoms with Gasteiger partial charge in [0.25, 0.3) is 5.56 Å². The van der Waals surface area contributed by atoms with Crippen LogP contribution < -0.4 is 10.9 Å². The summed E-state index contributed by atoms with van der Waals surface area (Å²) < 4.78 is 8.82. The van der Waals surface area contributed by atoms with Crippen molar-refractivity contribution < 1.29 is 4.74 Å². The third kappa shape index (κ3) is 2.61. The van der Waals surface area contributed by atoms with E-state index in [0.29, 0.717) is 12.5 Å². The van der Waals surface area contributed by atoms with Crippen molar-refractivity contribution in [3.63, 3.8) is 0 Å². The van der Waals surface area contributed by atoms with Crippen molar-refractivity contribution in [3.05, 3.63) is 33.9 Å². The highest BCUT2D eigenvalue weighted by Crippen LogP contribution is 2.25. The Labute approximate surface area is 123 Å². The molecule has 1 N–H and O–H groups in total. The fraction of sp³-hybridized carbons (Fsp3) is 0.600. The van der Waals surface area contributed by atoms with Crippen LogP contribution in [0.5, 0.6) is 0 Å². The second-order valence-electron chi connectivity index (χ2n) is 5.51. The SMILES string of the molecule is CCn1c(C2CCNCC2)cc(=O)n2nc(COC)cc12. The number of fused-ring (bicyclic) bond motifs is 1. The van der Waals surface area contributed by atoms with Crippen LogP contribution in [0.15, 0.2) is 16.9 Å². The smallest absolute Gasteiger partial charge is 0.274 e. The molecule has 0 unspecified atom stereocenters. The molecule has 0 aromatic carbocycles. The molecule has 3 heterocycles. The average molecular weight is 290 g/mol. The minimum absolute atomic E-state index is 0.0504. The van der Waals surface area contributed by atoms with Crippen molar-refractivity contribution in [1.82, 2.24) is 19.5 Å². The summed E-state index contributed by atoms with van der Waals surface area (Å²) in [7, 11) is 1.64. The lowest BCUT2D eigenvalue weighted by Crippen LogP contribution is -2.30. The molecular formula is C15H22N4O2. The summed E-state index contributed by atoms with van der Waals surface area (Å²) in [5.41, 5.74) is 2.75. The largest absolute Gasteiger partial charge is 0.378 e. The van der Waals surface area contributed by atoms with Gasteiger partial charge >= 0.3 is 0 Å². The fourth-order valence-corrected chi connectivity index (χ4v) is 3.19. The Morgan fingerprint density at radius 2 is 2.14 bits per heavy atom. The molecule has 6 nitrogen and oxygen atoms in total. The number of hydrogen-bond acceptors (Lipinski definition) is 4. The maximum absolute atomic E-state index is 12.4. The molecule has 1 aliphatic rings. The molecule has 0 atom stereocenters. The third-order valence-electron chi connectivity index (χ3n) is 4.18. The van der Waals surface area contributed by atoms with Gasteiger partial charge in [-0.25, -0.2) is 0 Å². The highest BCUT2D eigenvalue weighted by atomic mass is 16.5. The van der Waals surface area contributed by atoms with Gasteiger partial charge in [0.05, 0.1) is 12.3 Å². The van der Waals surface area contributed by atoms with Crippen molar-refractivity contribution in [1.29, 1.82) is 0 Å². The highest BCUT2D eigenvalue weighted by molar-refractivity contribution is 5.42. The summed E-state index contributed by atoms with van der Waals surface area (Å²) in [5.74, 6) is 0.449. The first kappa shape index (κ1) is 14.3. The number of ether oxygens (including phenoxy) is 1. The Morgan fingerprint density at radius 3 is 2.81 bits per heavy atom. The van der Waals surface area contributed by atoms with Crippen LogP contribution >= 0.6 is 0 Å². The van der Waals surface area contributed by atoms with E-state index in [-0.39, 0.29) is 5.56 Å². The van der Waals surface area contributed by atoms with Gasteiger partial charge in [-0.15, -0.1) is 0 Å². The van der Waals surface area contributed by atoms with E-state index in [0.717, 1.165) is 49.5 Å². The molecule has 2 aromatic rings. The zero-order valence-electron chi connectivity index (χ0n) is 12.6. The lowest BCUT2D eigenvalue weighted by atomic mass is 9.94. The minimum atomic E-state index is -0.0504. The fourth-order valence-electron chi connectivity index (χ4n) is 3.19. The van der Waals surface area contributed by atoms with Gasteiger partial charge in [0.15, 0.2) is 0 Å². The van der Waals surface area contributed by atoms with E-state index in [1.807, 2.05) is 6.07 Å². The number of nitrogens with one attached hydrogen (secondary N) is 1. The molecule has 0 radical (unpaired) electrons. The van der Waals surface area contributed by atoms with E-state index in [1.165, 1.54) is 4.52 Å². The number of nitrogens with zero attached hydrogens (tertiary/aromatic N) is 3. The van der Waals surface area contributed by atoms with Crippen LogP contribution in [0, 0.1) is 0 Å². The summed E-state index contributed by atoms with van der Waals surface area (Å²) in [5, 5.41) is 7.72. The van der Waals surface area contributed by atoms with Crippen LogP contribution in [-0.2, 0) is 17.9 Å². The summed E-state index contributed by atoms with van der Waals surface area (Å²) in [6, 6.07) is 3.72. The quantitative estimate of drug-likeness (QED) is 0.917. The third-order valence-corrected chi connectivity index (χ3v) is 4.18. The molecular weight excluding hydrogens is 268 g/mol. The van der Waals surface area contributed by atoms with Crippen LogP contribution in [-0.4, -0.2) is 34.4 Å². The van der Waals surface area contributed by atoms with Crippen molar-refractivity contribution >= 4 is 5.65 Å². The lowest BCUT2D eigenvalue weighted by Gasteiger charge is -2.26. The molecule has 0 bridgehead atoms. The first-order chi connectivity index (χ1) is 10.2. The summed E-state index contributed by atoms with van der Waals surface area (Å²) in [6.07, 6.45) is 2.16. The highest BCUT2D eigenvalue weighted by Gasteiger charge is 2.20. The number of methoxy groups -OCH3 is 1. The lowest BCUT2D eigenvalue weighted by molar-refractivity contribution is 0.181. The molecule has 0 amide bonds. The maximum atomic E-state index is 12.4. The second kappa shape index (κ2) is 5.99. The van der Waals surface area contributed by atoms with E-state index in [1.54, 1.807) is 13.2 Å². The van der Waals surface area contributed by atoms with Gasteiger partial charge in [-0.1, -0.05) is 0 Å². The van der Waals surface area contributed by atoms with E-state index < -0.39 is 0 Å². The molecule has 3 rings (SSSR count). The molecule has 0 spiro atoms. The van der Waals surface area contributed by atoms with Crippen molar-refractivity contribution in [2.75, 3.05) is 20.2 Å². The van der Waals surface area contributed by atoms with E-state index in [4.69, 9.17) is 4.74 Å². The summed E-state index contributed by atoms with van der Waals surface area (Å²) >= 11 is 0. The topological polar surface area (TPSA) is 60.6 Å². The molecule has 1 fully saturated rings. The van der Waals surface area contributed by atoms with Gasteiger partial charge in [0.2, 0.25) is 0 Å². The second-order valence-corrected chi connectivity index (χ2v) is 5.51. The van der Waals surface area contributed by atoms with Gasteiger partial charge in [-0.05, 0) is 32.9 Å². The Kier molecular flexibility index (Phi) is 4.07. The molecule has 114 valence electrons. The number of piperidine rings is 1. The van der Waals surface area contributed by atoms with Crippen molar-refractivity contribution in [2.24, 2.45) is 0 Å². The van der Waals surface area contributed by atoms with E-state index in [9.17, 15) is 4.79 Å². The van der Waals surface area contributed by atoms with Crippen molar-refractivity contribution in [3.8, 4) is 0 Å². The Balaban J connectivity index is 2.13. The van der Waals surface area contributed by atoms with E-state index >= 15 is 0 Å². The van der Waals surface area contributed by atoms with E-state index in [2.05, 4.69) is 21.9 Å². The monoisotopic (exact) mass is 290 g/mol. The Morgan fingerprint density at radius 1 is 1.38 bits per heavy atom. The average Bonchev–Trinajstić information content (AvgIpc) is 2.93. The van der Waals surface area contributed by atoms with Crippen LogP contribution in [0.1, 0.15) is 37.1 Å². The Bertz CT molecular complexity index is 683. The normalized spacial score (nSPS) is 16.7. The maximum Gasteiger partial charge on any atom is 0.274 e. The van der Waals surface area contributed by atoms with Gasteiger partial charge < -0.3 is 14.6 Å². The first-order valence-electron chi connectivity index (χ1n) is 7.56. The zero-order chi connectivity index (χ0) is 14.8. The van der Waals surface area contributed by atoms with Crippen LogP contribution in [0.3, 0.4) is 0 Å². The number of hydrogen-bond donors (Lipinski definition) is 1. The van der Waals surface area contributed by atoms with Crippen LogP contribution in [0.2, 0.25) is 0 Å². The molecule has 0 aliphatic carbocycles. The molecule has 1 aliphatic heterocycles. The molecule has 6 heteroatoms.